The smallest absolute Gasteiger partial charge is 0.0716 e. The summed E-state index contributed by atoms with van der Waals surface area (Å²) in [6.45, 7) is 9.69. The number of hydrogen-bond donors (Lipinski definition) is 1. The average Bonchev–Trinajstić information content (AvgIpc) is 2.33. The van der Waals surface area contributed by atoms with Gasteiger partial charge in [0.15, 0.2) is 0 Å². The molecular formula is C17H32O. The van der Waals surface area contributed by atoms with Crippen molar-refractivity contribution in [2.75, 3.05) is 0 Å². The van der Waals surface area contributed by atoms with Crippen molar-refractivity contribution < 1.29 is 5.11 Å². The van der Waals surface area contributed by atoms with E-state index in [9.17, 15) is 5.11 Å². The van der Waals surface area contributed by atoms with Crippen LogP contribution < -0.4 is 0 Å². The summed E-state index contributed by atoms with van der Waals surface area (Å²) in [5.41, 5.74) is -0.592. The monoisotopic (exact) mass is 252 g/mol. The second-order valence-corrected chi connectivity index (χ2v) is 5.43. The molecule has 0 aliphatic carbocycles. The Kier molecular flexibility index (Phi) is 11.2. The minimum atomic E-state index is -0.592. The van der Waals surface area contributed by atoms with Gasteiger partial charge in [-0.25, -0.2) is 0 Å². The fraction of sp³-hybridized carbons (Fsp3) is 0.765. The van der Waals surface area contributed by atoms with Crippen molar-refractivity contribution in [3.05, 3.63) is 25.3 Å². The van der Waals surface area contributed by atoms with Crippen molar-refractivity contribution in [2.24, 2.45) is 0 Å². The van der Waals surface area contributed by atoms with Gasteiger partial charge in [-0.15, -0.1) is 13.2 Å². The molecule has 18 heavy (non-hydrogen) atoms. The van der Waals surface area contributed by atoms with Crippen LogP contribution in [0.3, 0.4) is 0 Å². The Hall–Kier alpha value is -0.560. The van der Waals surface area contributed by atoms with Gasteiger partial charge in [-0.05, 0) is 19.3 Å². The molecule has 0 spiro atoms. The second kappa shape index (κ2) is 11.5. The number of rotatable bonds is 13. The van der Waals surface area contributed by atoms with Gasteiger partial charge in [-0.3, -0.25) is 0 Å². The molecule has 1 N–H and O–H groups in total. The molecule has 0 aromatic rings. The first kappa shape index (κ1) is 17.4. The van der Waals surface area contributed by atoms with E-state index in [2.05, 4.69) is 20.1 Å². The molecule has 0 atom stereocenters. The molecule has 0 unspecified atom stereocenters. The Morgan fingerprint density at radius 1 is 0.833 bits per heavy atom. The number of hydrogen-bond acceptors (Lipinski definition) is 1. The third-order valence-electron chi connectivity index (χ3n) is 3.54. The second-order valence-electron chi connectivity index (χ2n) is 5.43. The van der Waals surface area contributed by atoms with Crippen LogP contribution >= 0.6 is 0 Å². The topological polar surface area (TPSA) is 20.2 Å². The third kappa shape index (κ3) is 9.47. The average molecular weight is 252 g/mol. The zero-order chi connectivity index (χ0) is 13.7. The van der Waals surface area contributed by atoms with Crippen LogP contribution in [0.5, 0.6) is 0 Å². The summed E-state index contributed by atoms with van der Waals surface area (Å²) < 4.78 is 0. The highest BCUT2D eigenvalue weighted by molar-refractivity contribution is 4.91. The minimum Gasteiger partial charge on any atom is -0.389 e. The molecule has 0 aromatic carbocycles. The zero-order valence-electron chi connectivity index (χ0n) is 12.3. The highest BCUT2D eigenvalue weighted by Crippen LogP contribution is 2.24. The maximum Gasteiger partial charge on any atom is 0.0716 e. The van der Waals surface area contributed by atoms with E-state index in [4.69, 9.17) is 0 Å². The molecule has 1 nitrogen and oxygen atoms in total. The van der Waals surface area contributed by atoms with Crippen molar-refractivity contribution in [2.45, 2.75) is 83.2 Å². The molecule has 0 saturated carbocycles. The molecule has 1 heteroatoms. The van der Waals surface area contributed by atoms with Crippen LogP contribution in [0.15, 0.2) is 25.3 Å². The summed E-state index contributed by atoms with van der Waals surface area (Å²) in [5.74, 6) is 0. The van der Waals surface area contributed by atoms with Gasteiger partial charge in [0.1, 0.15) is 0 Å². The lowest BCUT2D eigenvalue weighted by molar-refractivity contribution is 0.0347. The van der Waals surface area contributed by atoms with Gasteiger partial charge >= 0.3 is 0 Å². The van der Waals surface area contributed by atoms with Crippen molar-refractivity contribution in [3.63, 3.8) is 0 Å². The normalized spacial score (nSPS) is 11.4. The minimum absolute atomic E-state index is 0.592. The lowest BCUT2D eigenvalue weighted by Gasteiger charge is -2.25. The highest BCUT2D eigenvalue weighted by atomic mass is 16.3. The van der Waals surface area contributed by atoms with E-state index in [1.165, 1.54) is 44.9 Å². The summed E-state index contributed by atoms with van der Waals surface area (Å²) in [6.07, 6.45) is 16.3. The van der Waals surface area contributed by atoms with Crippen LogP contribution in [-0.2, 0) is 0 Å². The molecule has 0 saturated heterocycles. The zero-order valence-corrected chi connectivity index (χ0v) is 12.3. The van der Waals surface area contributed by atoms with Crippen LogP contribution in [0.25, 0.3) is 0 Å². The Morgan fingerprint density at radius 3 is 1.72 bits per heavy atom. The van der Waals surface area contributed by atoms with E-state index in [-0.39, 0.29) is 0 Å². The first-order chi connectivity index (χ1) is 8.68. The molecular weight excluding hydrogens is 220 g/mol. The van der Waals surface area contributed by atoms with Gasteiger partial charge in [0.2, 0.25) is 0 Å². The van der Waals surface area contributed by atoms with Crippen LogP contribution in [0.2, 0.25) is 0 Å². The Balaban J connectivity index is 3.55. The van der Waals surface area contributed by atoms with Gasteiger partial charge in [-0.2, -0.15) is 0 Å². The SMILES string of the molecule is C=CCC(O)(CC=C)CCCCCCCCCC. The molecule has 0 aliphatic rings. The van der Waals surface area contributed by atoms with Gasteiger partial charge in [0, 0.05) is 0 Å². The quantitative estimate of drug-likeness (QED) is 0.344. The van der Waals surface area contributed by atoms with E-state index in [0.717, 1.165) is 12.8 Å². The summed E-state index contributed by atoms with van der Waals surface area (Å²) in [4.78, 5) is 0. The van der Waals surface area contributed by atoms with E-state index >= 15 is 0 Å². The molecule has 0 heterocycles. The van der Waals surface area contributed by atoms with Gasteiger partial charge in [0.25, 0.3) is 0 Å². The van der Waals surface area contributed by atoms with E-state index in [1.807, 2.05) is 12.2 Å². The molecule has 0 amide bonds. The molecule has 0 fully saturated rings. The van der Waals surface area contributed by atoms with Crippen molar-refractivity contribution >= 4 is 0 Å². The Morgan fingerprint density at radius 2 is 1.28 bits per heavy atom. The predicted octanol–water partition coefficient (Wildman–Crippen LogP) is 5.40. The van der Waals surface area contributed by atoms with Crippen LogP contribution in [0.1, 0.15) is 77.6 Å². The van der Waals surface area contributed by atoms with Gasteiger partial charge in [0.05, 0.1) is 5.60 Å². The number of aliphatic hydroxyl groups is 1. The van der Waals surface area contributed by atoms with E-state index in [0.29, 0.717) is 12.8 Å². The van der Waals surface area contributed by atoms with Gasteiger partial charge in [-0.1, -0.05) is 70.4 Å². The van der Waals surface area contributed by atoms with E-state index < -0.39 is 5.60 Å². The van der Waals surface area contributed by atoms with E-state index in [1.54, 1.807) is 0 Å². The van der Waals surface area contributed by atoms with Crippen molar-refractivity contribution in [1.82, 2.24) is 0 Å². The number of unbranched alkanes of at least 4 members (excludes halogenated alkanes) is 7. The standard InChI is InChI=1S/C17H32O/c1-4-7-8-9-10-11-12-13-16-17(18,14-5-2)15-6-3/h5-6,18H,2-4,7-16H2,1H3. The van der Waals surface area contributed by atoms with Crippen LogP contribution in [0.4, 0.5) is 0 Å². The lowest BCUT2D eigenvalue weighted by atomic mass is 9.89. The summed E-state index contributed by atoms with van der Waals surface area (Å²) in [7, 11) is 0. The Labute approximate surface area is 114 Å². The summed E-state index contributed by atoms with van der Waals surface area (Å²) in [5, 5.41) is 10.3. The fourth-order valence-corrected chi connectivity index (χ4v) is 2.41. The maximum atomic E-state index is 10.3. The van der Waals surface area contributed by atoms with Gasteiger partial charge < -0.3 is 5.11 Å². The van der Waals surface area contributed by atoms with Crippen LogP contribution in [0, 0.1) is 0 Å². The van der Waals surface area contributed by atoms with Crippen molar-refractivity contribution in [3.8, 4) is 0 Å². The molecule has 0 aliphatic heterocycles. The molecule has 0 rings (SSSR count). The first-order valence-electron chi connectivity index (χ1n) is 7.62. The van der Waals surface area contributed by atoms with Crippen molar-refractivity contribution in [1.29, 1.82) is 0 Å². The molecule has 106 valence electrons. The molecule has 0 aromatic heterocycles. The first-order valence-corrected chi connectivity index (χ1v) is 7.62. The fourth-order valence-electron chi connectivity index (χ4n) is 2.41. The highest BCUT2D eigenvalue weighted by Gasteiger charge is 2.22. The Bertz CT molecular complexity index is 198. The third-order valence-corrected chi connectivity index (χ3v) is 3.54. The summed E-state index contributed by atoms with van der Waals surface area (Å²) >= 11 is 0. The maximum absolute atomic E-state index is 10.3. The van der Waals surface area contributed by atoms with Crippen LogP contribution in [-0.4, -0.2) is 10.7 Å². The lowest BCUT2D eigenvalue weighted by Crippen LogP contribution is -2.26. The molecule has 0 bridgehead atoms. The largest absolute Gasteiger partial charge is 0.389 e. The predicted molar refractivity (Wildman–Crippen MR) is 81.8 cm³/mol. The molecule has 0 radical (unpaired) electrons. The summed E-state index contributed by atoms with van der Waals surface area (Å²) in [6, 6.07) is 0.